The molecule has 1 aromatic carbocycles. The molecule has 0 saturated carbocycles. The van der Waals surface area contributed by atoms with Gasteiger partial charge in [0.15, 0.2) is 15.4 Å². The van der Waals surface area contributed by atoms with E-state index in [0.29, 0.717) is 6.42 Å². The molecule has 1 aliphatic rings. The third-order valence-corrected chi connectivity index (χ3v) is 6.03. The Kier molecular flexibility index (Phi) is 3.91. The summed E-state index contributed by atoms with van der Waals surface area (Å²) in [5, 5.41) is 4.61. The van der Waals surface area contributed by atoms with Crippen molar-refractivity contribution in [2.24, 2.45) is 0 Å². The second kappa shape index (κ2) is 5.41. The van der Waals surface area contributed by atoms with E-state index in [0.717, 1.165) is 6.07 Å². The Morgan fingerprint density at radius 3 is 2.78 bits per heavy atom. The van der Waals surface area contributed by atoms with Crippen LogP contribution in [0.15, 0.2) is 16.7 Å². The molecule has 1 fully saturated rings. The highest BCUT2D eigenvalue weighted by molar-refractivity contribution is 7.91. The Labute approximate surface area is 138 Å². The average Bonchev–Trinajstić information content (AvgIpc) is 2.90. The van der Waals surface area contributed by atoms with Crippen molar-refractivity contribution in [3.05, 3.63) is 28.7 Å². The number of benzene rings is 1. The second-order valence-corrected chi connectivity index (χ2v) is 8.82. The molecule has 6 nitrogen and oxygen atoms in total. The van der Waals surface area contributed by atoms with Gasteiger partial charge in [-0.3, -0.25) is 4.84 Å². The Balaban J connectivity index is 1.96. The maximum Gasteiger partial charge on any atom is 0.185 e. The molecule has 1 unspecified atom stereocenters. The van der Waals surface area contributed by atoms with Gasteiger partial charge >= 0.3 is 0 Å². The predicted molar refractivity (Wildman–Crippen MR) is 82.9 cm³/mol. The Morgan fingerprint density at radius 1 is 1.48 bits per heavy atom. The maximum absolute atomic E-state index is 13.5. The standard InChI is InChI=1S/C14H16ClFN2O4S/c1-14(2)6-12(18(3)22-14)23(19,20)7-11-9-4-8(16)5-10(15)13(9)21-17-11/h4-5,12H,6-7H2,1-3H3. The summed E-state index contributed by atoms with van der Waals surface area (Å²) in [5.41, 5.74) is -0.248. The fourth-order valence-corrected chi connectivity index (χ4v) is 4.97. The SMILES string of the molecule is CN1OC(C)(C)CC1S(=O)(=O)Cc1noc2c(Cl)cc(F)cc12. The molecule has 9 heteroatoms. The van der Waals surface area contributed by atoms with Gasteiger partial charge in [0, 0.05) is 13.5 Å². The summed E-state index contributed by atoms with van der Waals surface area (Å²) in [5.74, 6) is -0.958. The molecule has 3 rings (SSSR count). The van der Waals surface area contributed by atoms with E-state index in [1.807, 2.05) is 13.8 Å². The first kappa shape index (κ1) is 16.6. The number of fused-ring (bicyclic) bond motifs is 1. The molecule has 0 radical (unpaired) electrons. The lowest BCUT2D eigenvalue weighted by molar-refractivity contribution is -0.168. The number of hydroxylamine groups is 2. The van der Waals surface area contributed by atoms with E-state index in [9.17, 15) is 12.8 Å². The van der Waals surface area contributed by atoms with Crippen LogP contribution >= 0.6 is 11.6 Å². The third-order valence-electron chi connectivity index (χ3n) is 3.78. The minimum atomic E-state index is -3.61. The summed E-state index contributed by atoms with van der Waals surface area (Å²) in [6, 6.07) is 2.26. The Morgan fingerprint density at radius 2 is 2.17 bits per heavy atom. The van der Waals surface area contributed by atoms with Crippen LogP contribution in [0.5, 0.6) is 0 Å². The van der Waals surface area contributed by atoms with Crippen LogP contribution in [0.3, 0.4) is 0 Å². The summed E-state index contributed by atoms with van der Waals surface area (Å²) < 4.78 is 43.9. The van der Waals surface area contributed by atoms with Crippen molar-refractivity contribution in [1.82, 2.24) is 10.2 Å². The highest BCUT2D eigenvalue weighted by Crippen LogP contribution is 2.34. The number of rotatable bonds is 3. The topological polar surface area (TPSA) is 72.6 Å². The van der Waals surface area contributed by atoms with Crippen LogP contribution in [-0.4, -0.2) is 36.7 Å². The quantitative estimate of drug-likeness (QED) is 0.836. The minimum absolute atomic E-state index is 0.0543. The smallest absolute Gasteiger partial charge is 0.185 e. The van der Waals surface area contributed by atoms with E-state index in [-0.39, 0.29) is 27.4 Å². The van der Waals surface area contributed by atoms with Gasteiger partial charge in [-0.15, -0.1) is 0 Å². The van der Waals surface area contributed by atoms with E-state index < -0.39 is 26.6 Å². The molecule has 1 saturated heterocycles. The molecule has 0 aliphatic carbocycles. The van der Waals surface area contributed by atoms with Crippen molar-refractivity contribution >= 4 is 32.4 Å². The predicted octanol–water partition coefficient (Wildman–Crippen LogP) is 2.91. The van der Waals surface area contributed by atoms with Gasteiger partial charge < -0.3 is 4.52 Å². The monoisotopic (exact) mass is 362 g/mol. The van der Waals surface area contributed by atoms with Crippen molar-refractivity contribution in [1.29, 1.82) is 0 Å². The summed E-state index contributed by atoms with van der Waals surface area (Å²) in [7, 11) is -2.03. The zero-order valence-corrected chi connectivity index (χ0v) is 14.4. The molecule has 126 valence electrons. The molecule has 2 heterocycles. The third kappa shape index (κ3) is 3.08. The summed E-state index contributed by atoms with van der Waals surface area (Å²) >= 11 is 5.88. The fraction of sp³-hybridized carbons (Fsp3) is 0.500. The first-order chi connectivity index (χ1) is 10.6. The largest absolute Gasteiger partial charge is 0.354 e. The van der Waals surface area contributed by atoms with Gasteiger partial charge in [-0.25, -0.2) is 12.8 Å². The lowest BCUT2D eigenvalue weighted by Gasteiger charge is -2.18. The van der Waals surface area contributed by atoms with Crippen molar-refractivity contribution in [2.45, 2.75) is 37.0 Å². The fourth-order valence-electron chi connectivity index (χ4n) is 2.80. The van der Waals surface area contributed by atoms with Gasteiger partial charge in [0.2, 0.25) is 0 Å². The van der Waals surface area contributed by atoms with Crippen LogP contribution < -0.4 is 0 Å². The van der Waals surface area contributed by atoms with Crippen LogP contribution in [-0.2, 0) is 20.4 Å². The molecule has 0 amide bonds. The van der Waals surface area contributed by atoms with Crippen molar-refractivity contribution in [2.75, 3.05) is 7.05 Å². The molecular formula is C14H16ClFN2O4S. The molecular weight excluding hydrogens is 347 g/mol. The number of nitrogens with zero attached hydrogens (tertiary/aromatic N) is 2. The van der Waals surface area contributed by atoms with E-state index >= 15 is 0 Å². The van der Waals surface area contributed by atoms with Gasteiger partial charge in [-0.05, 0) is 26.0 Å². The minimum Gasteiger partial charge on any atom is -0.354 e. The van der Waals surface area contributed by atoms with Gasteiger partial charge in [-0.1, -0.05) is 16.8 Å². The zero-order valence-electron chi connectivity index (χ0n) is 12.8. The first-order valence-electron chi connectivity index (χ1n) is 6.96. The maximum atomic E-state index is 13.5. The molecule has 1 aliphatic heterocycles. The van der Waals surface area contributed by atoms with Gasteiger partial charge in [0.05, 0.1) is 21.8 Å². The molecule has 0 spiro atoms. The molecule has 2 aromatic rings. The summed E-state index contributed by atoms with van der Waals surface area (Å²) in [6.45, 7) is 3.64. The van der Waals surface area contributed by atoms with E-state index in [4.69, 9.17) is 21.0 Å². The van der Waals surface area contributed by atoms with Crippen molar-refractivity contribution in [3.63, 3.8) is 0 Å². The number of hydrogen-bond donors (Lipinski definition) is 0. The van der Waals surface area contributed by atoms with E-state index in [1.165, 1.54) is 11.1 Å². The van der Waals surface area contributed by atoms with E-state index in [2.05, 4.69) is 5.16 Å². The molecule has 0 N–H and O–H groups in total. The number of halogens is 2. The second-order valence-electron chi connectivity index (χ2n) is 6.26. The van der Waals surface area contributed by atoms with Gasteiger partial charge in [0.1, 0.15) is 16.9 Å². The first-order valence-corrected chi connectivity index (χ1v) is 9.05. The normalized spacial score (nSPS) is 22.0. The molecule has 0 bridgehead atoms. The zero-order chi connectivity index (χ0) is 17.0. The number of hydrogen-bond acceptors (Lipinski definition) is 6. The lowest BCUT2D eigenvalue weighted by atomic mass is 10.1. The van der Waals surface area contributed by atoms with Gasteiger partial charge in [-0.2, -0.15) is 5.06 Å². The summed E-state index contributed by atoms with van der Waals surface area (Å²) in [6.07, 6.45) is 0.330. The van der Waals surface area contributed by atoms with Crippen LogP contribution in [0.1, 0.15) is 26.0 Å². The highest BCUT2D eigenvalue weighted by atomic mass is 35.5. The van der Waals surface area contributed by atoms with Crippen LogP contribution in [0, 0.1) is 5.82 Å². The summed E-state index contributed by atoms with van der Waals surface area (Å²) in [4.78, 5) is 5.52. The average molecular weight is 363 g/mol. The van der Waals surface area contributed by atoms with Crippen LogP contribution in [0.25, 0.3) is 11.0 Å². The number of aromatic nitrogens is 1. The Hall–Kier alpha value is -1.22. The molecule has 1 aromatic heterocycles. The van der Waals surface area contributed by atoms with Gasteiger partial charge in [0.25, 0.3) is 0 Å². The van der Waals surface area contributed by atoms with Crippen molar-refractivity contribution in [3.8, 4) is 0 Å². The van der Waals surface area contributed by atoms with E-state index in [1.54, 1.807) is 7.05 Å². The molecule has 23 heavy (non-hydrogen) atoms. The lowest BCUT2D eigenvalue weighted by Crippen LogP contribution is -2.33. The van der Waals surface area contributed by atoms with Crippen molar-refractivity contribution < 1.29 is 22.2 Å². The number of sulfone groups is 1. The van der Waals surface area contributed by atoms with Crippen LogP contribution in [0.4, 0.5) is 4.39 Å². The molecule has 1 atom stereocenters. The highest BCUT2D eigenvalue weighted by Gasteiger charge is 2.44. The Bertz CT molecular complexity index is 865. The van der Waals surface area contributed by atoms with Crippen LogP contribution in [0.2, 0.25) is 5.02 Å².